The first-order chi connectivity index (χ1) is 14.7. The van der Waals surface area contributed by atoms with Gasteiger partial charge in [0.2, 0.25) is 0 Å². The summed E-state index contributed by atoms with van der Waals surface area (Å²) in [5, 5.41) is 0. The molecule has 4 rings (SSSR count). The molecule has 6 nitrogen and oxygen atoms in total. The smallest absolute Gasteiger partial charge is 0.411 e. The minimum atomic E-state index is -3.80. The van der Waals surface area contributed by atoms with E-state index in [1.165, 1.54) is 0 Å². The molecule has 2 aliphatic rings. The van der Waals surface area contributed by atoms with Gasteiger partial charge in [0.15, 0.2) is 0 Å². The SMILES string of the molecule is Cc1ccc(S(=O)(=O)O[C@H]2CC[C@@H](N3C(=O)OC(C)(C)C3c3ccccc3)CC2)cc1. The Morgan fingerprint density at radius 2 is 1.58 bits per heavy atom. The summed E-state index contributed by atoms with van der Waals surface area (Å²) in [7, 11) is -3.80. The lowest BCUT2D eigenvalue weighted by molar-refractivity contribution is 0.0649. The van der Waals surface area contributed by atoms with Crippen molar-refractivity contribution in [1.29, 1.82) is 0 Å². The standard InChI is InChI=1S/C24H29NO5S/c1-17-9-15-21(16-10-17)31(27,28)30-20-13-11-19(12-14-20)25-22(18-7-5-4-6-8-18)24(2,3)29-23(25)26/h4-10,15-16,19-20,22H,11-14H2,1-3H3/t19-,20+,22?. The Hall–Kier alpha value is -2.38. The van der Waals surface area contributed by atoms with Crippen LogP contribution in [0.15, 0.2) is 59.5 Å². The first-order valence-electron chi connectivity index (χ1n) is 10.7. The van der Waals surface area contributed by atoms with Gasteiger partial charge in [0.1, 0.15) is 5.60 Å². The lowest BCUT2D eigenvalue weighted by Crippen LogP contribution is -2.43. The molecule has 7 heteroatoms. The Bertz CT molecular complexity index is 1030. The van der Waals surface area contributed by atoms with E-state index >= 15 is 0 Å². The molecular formula is C24H29NO5S. The van der Waals surface area contributed by atoms with Gasteiger partial charge in [0.05, 0.1) is 17.0 Å². The number of hydrogen-bond donors (Lipinski definition) is 0. The van der Waals surface area contributed by atoms with Crippen molar-refractivity contribution in [2.75, 3.05) is 0 Å². The largest absolute Gasteiger partial charge is 0.441 e. The van der Waals surface area contributed by atoms with Crippen LogP contribution in [-0.4, -0.2) is 37.2 Å². The number of amides is 1. The van der Waals surface area contributed by atoms with E-state index in [4.69, 9.17) is 8.92 Å². The van der Waals surface area contributed by atoms with E-state index in [0.29, 0.717) is 25.7 Å². The summed E-state index contributed by atoms with van der Waals surface area (Å²) in [6.45, 7) is 5.78. The van der Waals surface area contributed by atoms with Gasteiger partial charge in [-0.3, -0.25) is 9.08 Å². The predicted octanol–water partition coefficient (Wildman–Crippen LogP) is 4.98. The van der Waals surface area contributed by atoms with Crippen molar-refractivity contribution < 1.29 is 22.1 Å². The van der Waals surface area contributed by atoms with Crippen LogP contribution in [0.5, 0.6) is 0 Å². The van der Waals surface area contributed by atoms with E-state index in [2.05, 4.69) is 0 Å². The summed E-state index contributed by atoms with van der Waals surface area (Å²) in [5.41, 5.74) is 1.40. The molecule has 2 aromatic carbocycles. The quantitative estimate of drug-likeness (QED) is 0.609. The molecule has 1 saturated heterocycles. The van der Waals surface area contributed by atoms with Gasteiger partial charge < -0.3 is 4.74 Å². The monoisotopic (exact) mass is 443 g/mol. The maximum absolute atomic E-state index is 12.8. The van der Waals surface area contributed by atoms with Crippen LogP contribution in [0.2, 0.25) is 0 Å². The molecule has 166 valence electrons. The normalized spacial score (nSPS) is 26.0. The number of aryl methyl sites for hydroxylation is 1. The molecule has 0 N–H and O–H groups in total. The second kappa shape index (κ2) is 8.28. The Balaban J connectivity index is 1.45. The number of cyclic esters (lactones) is 1. The maximum atomic E-state index is 12.8. The Kier molecular flexibility index (Phi) is 5.83. The summed E-state index contributed by atoms with van der Waals surface area (Å²) in [5.74, 6) is 0. The zero-order valence-corrected chi connectivity index (χ0v) is 19.0. The molecule has 2 fully saturated rings. The highest BCUT2D eigenvalue weighted by Gasteiger charge is 2.51. The minimum absolute atomic E-state index is 0.0126. The zero-order valence-electron chi connectivity index (χ0n) is 18.2. The Morgan fingerprint density at radius 3 is 2.19 bits per heavy atom. The van der Waals surface area contributed by atoms with Crippen molar-refractivity contribution in [1.82, 2.24) is 4.90 Å². The third kappa shape index (κ3) is 4.48. The van der Waals surface area contributed by atoms with Gasteiger partial charge in [0, 0.05) is 6.04 Å². The molecule has 31 heavy (non-hydrogen) atoms. The summed E-state index contributed by atoms with van der Waals surface area (Å²) in [6.07, 6.45) is 1.79. The van der Waals surface area contributed by atoms with Crippen molar-refractivity contribution in [3.63, 3.8) is 0 Å². The number of nitrogens with zero attached hydrogens (tertiary/aromatic N) is 1. The predicted molar refractivity (Wildman–Crippen MR) is 117 cm³/mol. The van der Waals surface area contributed by atoms with Gasteiger partial charge in [-0.05, 0) is 64.2 Å². The number of rotatable bonds is 5. The molecule has 1 heterocycles. The molecule has 2 aromatic rings. The van der Waals surface area contributed by atoms with Gasteiger partial charge >= 0.3 is 6.09 Å². The van der Waals surface area contributed by atoms with Crippen LogP contribution in [0.4, 0.5) is 4.79 Å². The number of hydrogen-bond acceptors (Lipinski definition) is 5. The van der Waals surface area contributed by atoms with Crippen molar-refractivity contribution in [3.05, 3.63) is 65.7 Å². The lowest BCUT2D eigenvalue weighted by Gasteiger charge is -2.38. The van der Waals surface area contributed by atoms with E-state index < -0.39 is 15.7 Å². The highest BCUT2D eigenvalue weighted by Crippen LogP contribution is 2.44. The fourth-order valence-electron chi connectivity index (χ4n) is 4.69. The average Bonchev–Trinajstić information content (AvgIpc) is 2.97. The van der Waals surface area contributed by atoms with Gasteiger partial charge in [-0.2, -0.15) is 8.42 Å². The zero-order chi connectivity index (χ0) is 22.2. The number of carbonyl (C=O) groups is 1. The fraction of sp³-hybridized carbons (Fsp3) is 0.458. The highest BCUT2D eigenvalue weighted by molar-refractivity contribution is 7.86. The summed E-state index contributed by atoms with van der Waals surface area (Å²) in [4.78, 5) is 14.8. The van der Waals surface area contributed by atoms with E-state index in [1.807, 2.05) is 56.0 Å². The Labute approximate surface area is 184 Å². The van der Waals surface area contributed by atoms with Crippen molar-refractivity contribution in [2.45, 2.75) is 75.1 Å². The Morgan fingerprint density at radius 1 is 0.968 bits per heavy atom. The second-order valence-corrected chi connectivity index (χ2v) is 10.6. The van der Waals surface area contributed by atoms with E-state index in [1.54, 1.807) is 24.3 Å². The fourth-order valence-corrected chi connectivity index (χ4v) is 5.82. The topological polar surface area (TPSA) is 72.9 Å². The molecule has 1 unspecified atom stereocenters. The van der Waals surface area contributed by atoms with Crippen LogP contribution >= 0.6 is 0 Å². The van der Waals surface area contributed by atoms with Crippen molar-refractivity contribution in [3.8, 4) is 0 Å². The molecule has 0 radical (unpaired) electrons. The van der Waals surface area contributed by atoms with Crippen molar-refractivity contribution >= 4 is 16.2 Å². The van der Waals surface area contributed by atoms with Crippen LogP contribution in [-0.2, 0) is 19.0 Å². The van der Waals surface area contributed by atoms with Crippen LogP contribution in [0, 0.1) is 6.92 Å². The van der Waals surface area contributed by atoms with Gasteiger partial charge in [-0.1, -0.05) is 48.0 Å². The van der Waals surface area contributed by atoms with Crippen LogP contribution in [0.25, 0.3) is 0 Å². The molecule has 1 aliphatic heterocycles. The molecule has 0 bridgehead atoms. The first kappa shape index (κ1) is 21.8. The highest BCUT2D eigenvalue weighted by atomic mass is 32.2. The second-order valence-electron chi connectivity index (χ2n) is 8.99. The van der Waals surface area contributed by atoms with Crippen LogP contribution in [0.1, 0.15) is 56.7 Å². The molecule has 1 amide bonds. The van der Waals surface area contributed by atoms with Gasteiger partial charge in [-0.15, -0.1) is 0 Å². The van der Waals surface area contributed by atoms with Crippen molar-refractivity contribution in [2.24, 2.45) is 0 Å². The summed E-state index contributed by atoms with van der Waals surface area (Å²) < 4.78 is 36.5. The molecule has 1 aliphatic carbocycles. The van der Waals surface area contributed by atoms with E-state index in [9.17, 15) is 13.2 Å². The third-order valence-corrected chi connectivity index (χ3v) is 7.60. The number of ether oxygens (including phenoxy) is 1. The number of benzene rings is 2. The molecule has 0 spiro atoms. The number of carbonyl (C=O) groups excluding carboxylic acids is 1. The molecule has 1 saturated carbocycles. The summed E-state index contributed by atoms with van der Waals surface area (Å²) >= 11 is 0. The van der Waals surface area contributed by atoms with Crippen LogP contribution < -0.4 is 0 Å². The third-order valence-electron chi connectivity index (χ3n) is 6.22. The van der Waals surface area contributed by atoms with E-state index in [-0.39, 0.29) is 29.2 Å². The molecule has 0 aromatic heterocycles. The molecule has 1 atom stereocenters. The minimum Gasteiger partial charge on any atom is -0.441 e. The van der Waals surface area contributed by atoms with E-state index in [0.717, 1.165) is 11.1 Å². The average molecular weight is 444 g/mol. The summed E-state index contributed by atoms with van der Waals surface area (Å²) in [6, 6.07) is 16.4. The molecular weight excluding hydrogens is 414 g/mol. The van der Waals surface area contributed by atoms with Gasteiger partial charge in [-0.25, -0.2) is 4.79 Å². The maximum Gasteiger partial charge on any atom is 0.411 e. The lowest BCUT2D eigenvalue weighted by atomic mass is 9.87. The first-order valence-corrected chi connectivity index (χ1v) is 12.1. The van der Waals surface area contributed by atoms with Gasteiger partial charge in [0.25, 0.3) is 10.1 Å². The van der Waals surface area contributed by atoms with Crippen LogP contribution in [0.3, 0.4) is 0 Å².